The first-order valence-electron chi connectivity index (χ1n) is 8.19. The van der Waals surface area contributed by atoms with Crippen LogP contribution in [0.1, 0.15) is 39.7 Å². The molecule has 0 aliphatic heterocycles. The number of amides is 1. The van der Waals surface area contributed by atoms with E-state index in [1.165, 1.54) is 0 Å². The molecule has 1 amide bonds. The summed E-state index contributed by atoms with van der Waals surface area (Å²) in [5.74, 6) is 0. The molecule has 0 atom stereocenters. The lowest BCUT2D eigenvalue weighted by molar-refractivity contribution is 0.0457. The first-order valence-corrected chi connectivity index (χ1v) is 8.19. The van der Waals surface area contributed by atoms with Crippen LogP contribution in [-0.2, 0) is 4.74 Å². The minimum Gasteiger partial charge on any atom is -0.444 e. The van der Waals surface area contributed by atoms with Crippen molar-refractivity contribution < 1.29 is 9.53 Å². The summed E-state index contributed by atoms with van der Waals surface area (Å²) in [5, 5.41) is 4.01. The third-order valence-electron chi connectivity index (χ3n) is 4.35. The molecule has 0 bridgehead atoms. The van der Waals surface area contributed by atoms with Crippen molar-refractivity contribution in [1.29, 1.82) is 0 Å². The van der Waals surface area contributed by atoms with Crippen molar-refractivity contribution in [1.82, 2.24) is 24.8 Å². The van der Waals surface area contributed by atoms with Crippen molar-refractivity contribution >= 4 is 28.2 Å². The van der Waals surface area contributed by atoms with E-state index in [1.807, 2.05) is 39.4 Å². The lowest BCUT2D eigenvalue weighted by Gasteiger charge is -2.37. The fourth-order valence-electron chi connectivity index (χ4n) is 3.22. The van der Waals surface area contributed by atoms with Crippen molar-refractivity contribution in [3.05, 3.63) is 24.8 Å². The molecule has 3 heterocycles. The van der Waals surface area contributed by atoms with E-state index in [-0.39, 0.29) is 12.1 Å². The number of H-pyrrole nitrogens is 1. The Balaban J connectivity index is 1.48. The van der Waals surface area contributed by atoms with Crippen LogP contribution in [0, 0.1) is 0 Å². The van der Waals surface area contributed by atoms with Crippen molar-refractivity contribution in [3.63, 3.8) is 0 Å². The molecule has 3 aromatic heterocycles. The molecule has 3 aromatic rings. The highest BCUT2D eigenvalue weighted by molar-refractivity contribution is 6.00. The van der Waals surface area contributed by atoms with Crippen LogP contribution in [0.5, 0.6) is 0 Å². The van der Waals surface area contributed by atoms with Gasteiger partial charge < -0.3 is 19.6 Å². The average molecular weight is 327 g/mol. The Hall–Kier alpha value is -2.57. The van der Waals surface area contributed by atoms with Gasteiger partial charge in [-0.1, -0.05) is 0 Å². The van der Waals surface area contributed by atoms with Gasteiger partial charge in [-0.2, -0.15) is 0 Å². The predicted molar refractivity (Wildman–Crippen MR) is 90.8 cm³/mol. The van der Waals surface area contributed by atoms with Crippen molar-refractivity contribution in [3.8, 4) is 0 Å². The number of imidazole rings is 1. The standard InChI is InChI=1S/C17H21N5O2/c1-17(2,3)24-16(23)21-10-6-11(7-10)22-9-20-13-8-19-15-12(14(13)22)4-5-18-15/h4-5,8-11H,6-7H2,1-3H3,(H,18,19)(H,21,23)/t10-,11-. The third kappa shape index (κ3) is 2.60. The van der Waals surface area contributed by atoms with Gasteiger partial charge in [0.1, 0.15) is 16.8 Å². The first-order chi connectivity index (χ1) is 11.4. The molecule has 0 saturated heterocycles. The van der Waals surface area contributed by atoms with Crippen LogP contribution in [0.25, 0.3) is 22.1 Å². The molecule has 24 heavy (non-hydrogen) atoms. The summed E-state index contributed by atoms with van der Waals surface area (Å²) in [7, 11) is 0. The maximum absolute atomic E-state index is 11.8. The second-order valence-electron chi connectivity index (χ2n) is 7.35. The Morgan fingerprint density at radius 3 is 2.92 bits per heavy atom. The number of fused-ring (bicyclic) bond motifs is 3. The first kappa shape index (κ1) is 15.0. The highest BCUT2D eigenvalue weighted by atomic mass is 16.6. The highest BCUT2D eigenvalue weighted by Gasteiger charge is 2.33. The maximum atomic E-state index is 11.8. The van der Waals surface area contributed by atoms with Gasteiger partial charge in [0.05, 0.1) is 18.0 Å². The number of alkyl carbamates (subject to hydrolysis) is 1. The molecule has 0 spiro atoms. The number of hydrogen-bond acceptors (Lipinski definition) is 4. The van der Waals surface area contributed by atoms with E-state index in [9.17, 15) is 4.79 Å². The van der Waals surface area contributed by atoms with Gasteiger partial charge >= 0.3 is 6.09 Å². The van der Waals surface area contributed by atoms with Crippen LogP contribution in [0.2, 0.25) is 0 Å². The number of carbonyl (C=O) groups is 1. The summed E-state index contributed by atoms with van der Waals surface area (Å²) < 4.78 is 7.50. The van der Waals surface area contributed by atoms with E-state index in [1.54, 1.807) is 6.20 Å². The largest absolute Gasteiger partial charge is 0.444 e. The van der Waals surface area contributed by atoms with E-state index < -0.39 is 5.60 Å². The van der Waals surface area contributed by atoms with Crippen molar-refractivity contribution in [2.24, 2.45) is 0 Å². The predicted octanol–water partition coefficient (Wildman–Crippen LogP) is 3.14. The van der Waals surface area contributed by atoms with Gasteiger partial charge in [-0.15, -0.1) is 0 Å². The summed E-state index contributed by atoms with van der Waals surface area (Å²) in [4.78, 5) is 23.8. The number of nitrogens with zero attached hydrogens (tertiary/aromatic N) is 3. The topological polar surface area (TPSA) is 84.8 Å². The average Bonchev–Trinajstić information content (AvgIpc) is 3.05. The number of pyridine rings is 1. The number of nitrogens with one attached hydrogen (secondary N) is 2. The smallest absolute Gasteiger partial charge is 0.407 e. The molecule has 2 N–H and O–H groups in total. The number of rotatable bonds is 2. The normalized spacial score (nSPS) is 21.0. The molecule has 1 aliphatic carbocycles. The van der Waals surface area contributed by atoms with E-state index >= 15 is 0 Å². The van der Waals surface area contributed by atoms with Gasteiger partial charge in [0, 0.05) is 23.7 Å². The number of hydrogen-bond donors (Lipinski definition) is 2. The molecular formula is C17H21N5O2. The Labute approximate surface area is 139 Å². The molecule has 1 fully saturated rings. The Morgan fingerprint density at radius 2 is 2.17 bits per heavy atom. The number of aromatic amines is 1. The monoisotopic (exact) mass is 327 g/mol. The van der Waals surface area contributed by atoms with Crippen LogP contribution >= 0.6 is 0 Å². The second kappa shape index (κ2) is 5.22. The van der Waals surface area contributed by atoms with E-state index in [0.717, 1.165) is 34.9 Å². The zero-order chi connectivity index (χ0) is 16.9. The summed E-state index contributed by atoms with van der Waals surface area (Å²) in [6.45, 7) is 5.60. The van der Waals surface area contributed by atoms with Gasteiger partial charge in [-0.3, -0.25) is 0 Å². The Bertz CT molecular complexity index is 899. The van der Waals surface area contributed by atoms with Crippen LogP contribution in [-0.4, -0.2) is 37.3 Å². The van der Waals surface area contributed by atoms with E-state index in [4.69, 9.17) is 4.74 Å². The van der Waals surface area contributed by atoms with Gasteiger partial charge in [-0.05, 0) is 39.7 Å². The molecule has 7 heteroatoms. The van der Waals surface area contributed by atoms with Crippen molar-refractivity contribution in [2.45, 2.75) is 51.3 Å². The molecule has 126 valence electrons. The molecule has 0 unspecified atom stereocenters. The van der Waals surface area contributed by atoms with Crippen LogP contribution < -0.4 is 5.32 Å². The number of carbonyl (C=O) groups excluding carboxylic acids is 1. The van der Waals surface area contributed by atoms with E-state index in [2.05, 4.69) is 24.8 Å². The summed E-state index contributed by atoms with van der Waals surface area (Å²) in [5.41, 5.74) is 2.39. The van der Waals surface area contributed by atoms with Gasteiger partial charge in [0.25, 0.3) is 0 Å². The second-order valence-corrected chi connectivity index (χ2v) is 7.35. The highest BCUT2D eigenvalue weighted by Crippen LogP contribution is 2.36. The Kier molecular flexibility index (Phi) is 3.26. The zero-order valence-corrected chi connectivity index (χ0v) is 14.0. The quantitative estimate of drug-likeness (QED) is 0.757. The fraction of sp³-hybridized carbons (Fsp3) is 0.471. The molecule has 0 radical (unpaired) electrons. The van der Waals surface area contributed by atoms with Crippen LogP contribution in [0.4, 0.5) is 4.79 Å². The zero-order valence-electron chi connectivity index (χ0n) is 14.0. The minimum atomic E-state index is -0.472. The van der Waals surface area contributed by atoms with Gasteiger partial charge in [0.2, 0.25) is 0 Å². The van der Waals surface area contributed by atoms with Crippen LogP contribution in [0.3, 0.4) is 0 Å². The third-order valence-corrected chi connectivity index (χ3v) is 4.35. The van der Waals surface area contributed by atoms with Crippen LogP contribution in [0.15, 0.2) is 24.8 Å². The Morgan fingerprint density at radius 1 is 1.38 bits per heavy atom. The summed E-state index contributed by atoms with van der Waals surface area (Å²) in [6.07, 6.45) is 6.95. The lowest BCUT2D eigenvalue weighted by atomic mass is 9.86. The molecule has 0 aromatic carbocycles. The molecule has 4 rings (SSSR count). The molecule has 7 nitrogen and oxygen atoms in total. The maximum Gasteiger partial charge on any atom is 0.407 e. The van der Waals surface area contributed by atoms with E-state index in [0.29, 0.717) is 6.04 Å². The molecular weight excluding hydrogens is 306 g/mol. The summed E-state index contributed by atoms with van der Waals surface area (Å²) in [6, 6.07) is 2.50. The fourth-order valence-corrected chi connectivity index (χ4v) is 3.22. The SMILES string of the molecule is CC(C)(C)OC(=O)N[C@H]1C[C@H](n2cnc3cnc4[nH]ccc4c32)C1. The number of aromatic nitrogens is 4. The summed E-state index contributed by atoms with van der Waals surface area (Å²) >= 11 is 0. The number of ether oxygens (including phenoxy) is 1. The molecule has 1 saturated carbocycles. The lowest BCUT2D eigenvalue weighted by Crippen LogP contribution is -2.46. The van der Waals surface area contributed by atoms with Crippen molar-refractivity contribution in [2.75, 3.05) is 0 Å². The minimum absolute atomic E-state index is 0.144. The molecule has 1 aliphatic rings. The van der Waals surface area contributed by atoms with Gasteiger partial charge in [0.15, 0.2) is 0 Å². The van der Waals surface area contributed by atoms with Gasteiger partial charge in [-0.25, -0.2) is 14.8 Å².